The lowest BCUT2D eigenvalue weighted by molar-refractivity contribution is -0.132. The number of amides is 1. The van der Waals surface area contributed by atoms with Crippen LogP contribution in [0, 0.1) is 19.8 Å². The van der Waals surface area contributed by atoms with Crippen molar-refractivity contribution in [3.05, 3.63) is 11.5 Å². The molecule has 0 atom stereocenters. The summed E-state index contributed by atoms with van der Waals surface area (Å²) in [5.74, 6) is 1.06. The van der Waals surface area contributed by atoms with Crippen LogP contribution in [-0.4, -0.2) is 79.9 Å². The second-order valence-corrected chi connectivity index (χ2v) is 9.99. The normalized spacial score (nSPS) is 20.4. The Bertz CT molecular complexity index is 758. The Balaban J connectivity index is 1.50. The fourth-order valence-corrected chi connectivity index (χ4v) is 5.98. The summed E-state index contributed by atoms with van der Waals surface area (Å²) in [6, 6.07) is 0. The molecule has 0 unspecified atom stereocenters. The van der Waals surface area contributed by atoms with E-state index >= 15 is 0 Å². The quantitative estimate of drug-likeness (QED) is 0.706. The third-order valence-corrected chi connectivity index (χ3v) is 8.08. The summed E-state index contributed by atoms with van der Waals surface area (Å²) in [6.07, 6.45) is 6.30. The van der Waals surface area contributed by atoms with Crippen molar-refractivity contribution in [3.63, 3.8) is 0 Å². The summed E-state index contributed by atoms with van der Waals surface area (Å²) in [6.45, 7) is 6.27. The summed E-state index contributed by atoms with van der Waals surface area (Å²) in [7, 11) is -1.73. The maximum absolute atomic E-state index is 12.9. The molecule has 3 rings (SSSR count). The van der Waals surface area contributed by atoms with Crippen LogP contribution < -0.4 is 0 Å². The van der Waals surface area contributed by atoms with E-state index in [-0.39, 0.29) is 10.8 Å². The molecule has 28 heavy (non-hydrogen) atoms. The molecule has 158 valence electrons. The maximum Gasteiger partial charge on any atom is 0.248 e. The Morgan fingerprint density at radius 3 is 2.36 bits per heavy atom. The molecule has 1 amide bonds. The molecule has 0 bridgehead atoms. The Kier molecular flexibility index (Phi) is 6.77. The Labute approximate surface area is 167 Å². The Morgan fingerprint density at radius 2 is 1.79 bits per heavy atom. The first-order valence-corrected chi connectivity index (χ1v) is 11.6. The molecule has 9 heteroatoms. The third kappa shape index (κ3) is 4.75. The third-order valence-electron chi connectivity index (χ3n) is 5.94. The first kappa shape index (κ1) is 21.3. The largest absolute Gasteiger partial charge is 0.360 e. The van der Waals surface area contributed by atoms with Crippen LogP contribution in [0.25, 0.3) is 0 Å². The van der Waals surface area contributed by atoms with Gasteiger partial charge in [-0.15, -0.1) is 0 Å². The summed E-state index contributed by atoms with van der Waals surface area (Å²) >= 11 is 0. The predicted molar refractivity (Wildman–Crippen MR) is 105 cm³/mol. The van der Waals surface area contributed by atoms with Gasteiger partial charge in [0.25, 0.3) is 0 Å². The number of aromatic nitrogens is 1. The van der Waals surface area contributed by atoms with Crippen molar-refractivity contribution >= 4 is 15.9 Å². The maximum atomic E-state index is 12.9. The first-order valence-electron chi connectivity index (χ1n) is 10.2. The van der Waals surface area contributed by atoms with Crippen LogP contribution in [-0.2, 0) is 14.8 Å². The fourth-order valence-electron chi connectivity index (χ4n) is 4.27. The van der Waals surface area contributed by atoms with E-state index in [1.165, 1.54) is 36.4 Å². The molecule has 0 N–H and O–H groups in total. The standard InChI is InChI=1S/C19H32N4O4S/c1-15-19(16(2)27-20-15)28(25,26)23-11-9-22(10-12-23)14-18(24)21(3)13-17-7-5-4-6-8-17/h17H,4-14H2,1-3H3. The number of likely N-dealkylation sites (N-methyl/N-ethyl adjacent to an activating group) is 1. The van der Waals surface area contributed by atoms with Crippen LogP contribution in [0.15, 0.2) is 9.42 Å². The zero-order valence-electron chi connectivity index (χ0n) is 17.2. The summed E-state index contributed by atoms with van der Waals surface area (Å²) < 4.78 is 32.2. The zero-order valence-corrected chi connectivity index (χ0v) is 18.0. The minimum atomic E-state index is -3.61. The van der Waals surface area contributed by atoms with Gasteiger partial charge in [0.2, 0.25) is 15.9 Å². The molecular weight excluding hydrogens is 380 g/mol. The van der Waals surface area contributed by atoms with Crippen LogP contribution in [0.1, 0.15) is 43.6 Å². The van der Waals surface area contributed by atoms with Crippen molar-refractivity contribution in [2.45, 2.75) is 50.8 Å². The number of carbonyl (C=O) groups excluding carboxylic acids is 1. The van der Waals surface area contributed by atoms with E-state index < -0.39 is 10.0 Å². The summed E-state index contributed by atoms with van der Waals surface area (Å²) in [4.78, 5) is 16.6. The van der Waals surface area contributed by atoms with E-state index in [1.54, 1.807) is 13.8 Å². The molecule has 2 aliphatic rings. The number of rotatable bonds is 6. The highest BCUT2D eigenvalue weighted by Crippen LogP contribution is 2.25. The van der Waals surface area contributed by atoms with Gasteiger partial charge in [0.15, 0.2) is 5.76 Å². The Hall–Kier alpha value is -1.45. The topological polar surface area (TPSA) is 87.0 Å². The average molecular weight is 413 g/mol. The molecule has 2 fully saturated rings. The number of carbonyl (C=O) groups is 1. The lowest BCUT2D eigenvalue weighted by Crippen LogP contribution is -2.51. The van der Waals surface area contributed by atoms with E-state index in [4.69, 9.17) is 4.52 Å². The predicted octanol–water partition coefficient (Wildman–Crippen LogP) is 1.64. The van der Waals surface area contributed by atoms with Gasteiger partial charge in [-0.1, -0.05) is 24.4 Å². The molecule has 1 aromatic heterocycles. The van der Waals surface area contributed by atoms with Gasteiger partial charge >= 0.3 is 0 Å². The molecule has 0 aromatic carbocycles. The van der Waals surface area contributed by atoms with Gasteiger partial charge in [-0.25, -0.2) is 8.42 Å². The number of nitrogens with zero attached hydrogens (tertiary/aromatic N) is 4. The highest BCUT2D eigenvalue weighted by Gasteiger charge is 2.33. The van der Waals surface area contributed by atoms with Crippen LogP contribution in [0.3, 0.4) is 0 Å². The second-order valence-electron chi connectivity index (χ2n) is 8.11. The molecule has 1 aromatic rings. The smallest absolute Gasteiger partial charge is 0.248 e. The molecule has 0 radical (unpaired) electrons. The lowest BCUT2D eigenvalue weighted by atomic mass is 9.89. The molecule has 1 saturated carbocycles. The van der Waals surface area contributed by atoms with Gasteiger partial charge in [-0.05, 0) is 32.6 Å². The molecular formula is C19H32N4O4S. The highest BCUT2D eigenvalue weighted by atomic mass is 32.2. The summed E-state index contributed by atoms with van der Waals surface area (Å²) in [5, 5.41) is 3.76. The van der Waals surface area contributed by atoms with Crippen molar-refractivity contribution < 1.29 is 17.7 Å². The zero-order chi connectivity index (χ0) is 20.3. The van der Waals surface area contributed by atoms with Crippen LogP contribution >= 0.6 is 0 Å². The van der Waals surface area contributed by atoms with E-state index in [0.29, 0.717) is 50.1 Å². The molecule has 8 nitrogen and oxygen atoms in total. The second kappa shape index (κ2) is 8.92. The number of piperazine rings is 1. The van der Waals surface area contributed by atoms with Gasteiger partial charge in [0.1, 0.15) is 10.6 Å². The molecule has 1 saturated heterocycles. The van der Waals surface area contributed by atoms with Crippen molar-refractivity contribution in [2.75, 3.05) is 46.3 Å². The number of hydrogen-bond donors (Lipinski definition) is 0. The van der Waals surface area contributed by atoms with Crippen molar-refractivity contribution in [2.24, 2.45) is 5.92 Å². The van der Waals surface area contributed by atoms with Gasteiger partial charge < -0.3 is 9.42 Å². The molecule has 1 aliphatic heterocycles. The fraction of sp³-hybridized carbons (Fsp3) is 0.789. The minimum absolute atomic E-state index is 0.118. The molecule has 2 heterocycles. The van der Waals surface area contributed by atoms with Crippen LogP contribution in [0.5, 0.6) is 0 Å². The number of hydrogen-bond acceptors (Lipinski definition) is 6. The Morgan fingerprint density at radius 1 is 1.14 bits per heavy atom. The average Bonchev–Trinajstić information content (AvgIpc) is 3.02. The van der Waals surface area contributed by atoms with E-state index in [2.05, 4.69) is 5.16 Å². The van der Waals surface area contributed by atoms with Crippen LogP contribution in [0.4, 0.5) is 0 Å². The van der Waals surface area contributed by atoms with E-state index in [1.807, 2.05) is 16.8 Å². The minimum Gasteiger partial charge on any atom is -0.360 e. The van der Waals surface area contributed by atoms with Crippen molar-refractivity contribution in [3.8, 4) is 0 Å². The SMILES string of the molecule is Cc1noc(C)c1S(=O)(=O)N1CCN(CC(=O)N(C)CC2CCCCC2)CC1. The van der Waals surface area contributed by atoms with Crippen molar-refractivity contribution in [1.29, 1.82) is 0 Å². The highest BCUT2D eigenvalue weighted by molar-refractivity contribution is 7.89. The van der Waals surface area contributed by atoms with Crippen molar-refractivity contribution in [1.82, 2.24) is 19.3 Å². The first-order chi connectivity index (χ1) is 13.3. The van der Waals surface area contributed by atoms with Gasteiger partial charge in [-0.2, -0.15) is 4.31 Å². The number of aryl methyl sites for hydroxylation is 2. The number of sulfonamides is 1. The van der Waals surface area contributed by atoms with Gasteiger partial charge in [-0.3, -0.25) is 9.69 Å². The van der Waals surface area contributed by atoms with Crippen LogP contribution in [0.2, 0.25) is 0 Å². The molecule has 1 aliphatic carbocycles. The van der Waals surface area contributed by atoms with E-state index in [0.717, 1.165) is 6.54 Å². The van der Waals surface area contributed by atoms with Gasteiger partial charge in [0, 0.05) is 39.8 Å². The lowest BCUT2D eigenvalue weighted by Gasteiger charge is -2.34. The van der Waals surface area contributed by atoms with E-state index in [9.17, 15) is 13.2 Å². The monoisotopic (exact) mass is 412 g/mol. The van der Waals surface area contributed by atoms with Gasteiger partial charge in [0.05, 0.1) is 6.54 Å². The molecule has 0 spiro atoms. The summed E-state index contributed by atoms with van der Waals surface area (Å²) in [5.41, 5.74) is 0.388.